The summed E-state index contributed by atoms with van der Waals surface area (Å²) in [5.74, 6) is 1.20. The molecule has 2 aromatic heterocycles. The number of rotatable bonds is 7. The summed E-state index contributed by atoms with van der Waals surface area (Å²) in [5, 5.41) is 7.70. The molecule has 0 aliphatic heterocycles. The number of aromatic nitrogens is 2. The number of thiazole rings is 1. The Labute approximate surface area is 194 Å². The molecule has 0 saturated heterocycles. The summed E-state index contributed by atoms with van der Waals surface area (Å²) in [4.78, 5) is 12.1. The molecule has 11 heteroatoms. The van der Waals surface area contributed by atoms with Crippen molar-refractivity contribution in [3.8, 4) is 5.88 Å². The van der Waals surface area contributed by atoms with E-state index < -0.39 is 11.9 Å². The van der Waals surface area contributed by atoms with E-state index in [0.717, 1.165) is 35.1 Å². The molecule has 3 rings (SSSR count). The smallest absolute Gasteiger partial charge is 0.434 e. The number of ether oxygens (including phenoxy) is 1. The predicted molar refractivity (Wildman–Crippen MR) is 122 cm³/mol. The standard InChI is InChI=1S/C19H24F3N5OS.HI/c1-23-18(24-9-8-17-27-15(12-29-17)19(20,21)22)26-11-13-6-7-16(25-10-13)28-14-4-2-3-5-14;/h6-7,10,12,14H,2-5,8-9,11H2,1H3,(H2,23,24,26);1H. The van der Waals surface area contributed by atoms with Crippen LogP contribution in [0.1, 0.15) is 41.9 Å². The second-order valence-electron chi connectivity index (χ2n) is 6.76. The van der Waals surface area contributed by atoms with E-state index in [2.05, 4.69) is 25.6 Å². The van der Waals surface area contributed by atoms with Crippen molar-refractivity contribution in [2.45, 2.75) is 50.9 Å². The third kappa shape index (κ3) is 7.56. The fourth-order valence-electron chi connectivity index (χ4n) is 3.01. The molecule has 1 aliphatic carbocycles. The summed E-state index contributed by atoms with van der Waals surface area (Å²) in [6.07, 6.45) is 2.63. The Kier molecular flexibility index (Phi) is 9.59. The zero-order valence-corrected chi connectivity index (χ0v) is 19.7. The molecule has 0 radical (unpaired) electrons. The van der Waals surface area contributed by atoms with E-state index in [9.17, 15) is 13.2 Å². The van der Waals surface area contributed by atoms with Crippen molar-refractivity contribution in [1.29, 1.82) is 0 Å². The number of hydrogen-bond donors (Lipinski definition) is 2. The first kappa shape index (κ1) is 24.6. The fourth-order valence-corrected chi connectivity index (χ4v) is 3.82. The van der Waals surface area contributed by atoms with Crippen LogP contribution in [0.4, 0.5) is 13.2 Å². The molecule has 0 spiro atoms. The average molecular weight is 555 g/mol. The van der Waals surface area contributed by atoms with Gasteiger partial charge in [-0.15, -0.1) is 35.3 Å². The van der Waals surface area contributed by atoms with Gasteiger partial charge in [0.1, 0.15) is 6.10 Å². The maximum atomic E-state index is 12.6. The van der Waals surface area contributed by atoms with Crippen molar-refractivity contribution < 1.29 is 17.9 Å². The van der Waals surface area contributed by atoms with Crippen molar-refractivity contribution in [3.05, 3.63) is 40.0 Å². The summed E-state index contributed by atoms with van der Waals surface area (Å²) in [6, 6.07) is 3.82. The Bertz CT molecular complexity index is 807. The van der Waals surface area contributed by atoms with Gasteiger partial charge in [0, 0.05) is 44.2 Å². The van der Waals surface area contributed by atoms with Crippen LogP contribution in [0.3, 0.4) is 0 Å². The SMILES string of the molecule is CN=C(NCCc1nc(C(F)(F)F)cs1)NCc1ccc(OC2CCCC2)nc1.I. The van der Waals surface area contributed by atoms with Gasteiger partial charge in [0.15, 0.2) is 11.7 Å². The van der Waals surface area contributed by atoms with Crippen molar-refractivity contribution in [1.82, 2.24) is 20.6 Å². The molecule has 166 valence electrons. The third-order valence-electron chi connectivity index (χ3n) is 4.54. The molecule has 30 heavy (non-hydrogen) atoms. The number of aliphatic imine (C=N–C) groups is 1. The van der Waals surface area contributed by atoms with Crippen molar-refractivity contribution in [3.63, 3.8) is 0 Å². The van der Waals surface area contributed by atoms with E-state index in [1.54, 1.807) is 13.2 Å². The third-order valence-corrected chi connectivity index (χ3v) is 5.45. The number of nitrogens with zero attached hydrogens (tertiary/aromatic N) is 3. The molecule has 6 nitrogen and oxygen atoms in total. The van der Waals surface area contributed by atoms with Gasteiger partial charge in [0.25, 0.3) is 0 Å². The van der Waals surface area contributed by atoms with Crippen LogP contribution in [0.15, 0.2) is 28.7 Å². The first-order valence-corrected chi connectivity index (χ1v) is 10.4. The first-order chi connectivity index (χ1) is 13.9. The van der Waals surface area contributed by atoms with Crippen LogP contribution in [0.25, 0.3) is 0 Å². The summed E-state index contributed by atoms with van der Waals surface area (Å²) in [5.41, 5.74) is 0.134. The van der Waals surface area contributed by atoms with E-state index in [0.29, 0.717) is 36.4 Å². The Morgan fingerprint density at radius 2 is 2.03 bits per heavy atom. The Hall–Kier alpha value is -1.63. The predicted octanol–water partition coefficient (Wildman–Crippen LogP) is 4.40. The van der Waals surface area contributed by atoms with Crippen LogP contribution in [0.5, 0.6) is 5.88 Å². The maximum absolute atomic E-state index is 12.6. The van der Waals surface area contributed by atoms with Gasteiger partial charge < -0.3 is 15.4 Å². The molecule has 1 aliphatic rings. The number of alkyl halides is 3. The van der Waals surface area contributed by atoms with E-state index in [-0.39, 0.29) is 30.1 Å². The van der Waals surface area contributed by atoms with E-state index >= 15 is 0 Å². The molecule has 1 fully saturated rings. The highest BCUT2D eigenvalue weighted by Crippen LogP contribution is 2.30. The lowest BCUT2D eigenvalue weighted by Crippen LogP contribution is -2.37. The van der Waals surface area contributed by atoms with Gasteiger partial charge in [-0.1, -0.05) is 6.07 Å². The number of halogens is 4. The van der Waals surface area contributed by atoms with Crippen molar-refractivity contribution >= 4 is 41.3 Å². The molecular weight excluding hydrogens is 530 g/mol. The highest BCUT2D eigenvalue weighted by Gasteiger charge is 2.33. The number of guanidine groups is 1. The second-order valence-corrected chi connectivity index (χ2v) is 7.70. The minimum absolute atomic E-state index is 0. The van der Waals surface area contributed by atoms with Crippen LogP contribution < -0.4 is 15.4 Å². The molecule has 0 bridgehead atoms. The lowest BCUT2D eigenvalue weighted by molar-refractivity contribution is -0.140. The lowest BCUT2D eigenvalue weighted by atomic mass is 10.3. The van der Waals surface area contributed by atoms with Crippen LogP contribution in [0.2, 0.25) is 0 Å². The molecule has 2 aromatic rings. The van der Waals surface area contributed by atoms with Crippen LogP contribution in [-0.2, 0) is 19.1 Å². The Morgan fingerprint density at radius 3 is 2.63 bits per heavy atom. The van der Waals surface area contributed by atoms with E-state index in [4.69, 9.17) is 4.74 Å². The van der Waals surface area contributed by atoms with Gasteiger partial charge in [-0.25, -0.2) is 9.97 Å². The lowest BCUT2D eigenvalue weighted by Gasteiger charge is -2.13. The normalized spacial score (nSPS) is 15.0. The van der Waals surface area contributed by atoms with Crippen LogP contribution in [-0.4, -0.2) is 35.6 Å². The van der Waals surface area contributed by atoms with E-state index in [1.807, 2.05) is 12.1 Å². The molecule has 0 aromatic carbocycles. The highest BCUT2D eigenvalue weighted by molar-refractivity contribution is 14.0. The van der Waals surface area contributed by atoms with E-state index in [1.165, 1.54) is 12.8 Å². The Balaban J connectivity index is 0.00000320. The second kappa shape index (κ2) is 11.7. The van der Waals surface area contributed by atoms with Crippen LogP contribution in [0, 0.1) is 0 Å². The first-order valence-electron chi connectivity index (χ1n) is 9.52. The minimum Gasteiger partial charge on any atom is -0.474 e. The summed E-state index contributed by atoms with van der Waals surface area (Å²) in [6.45, 7) is 0.947. The van der Waals surface area contributed by atoms with Crippen molar-refractivity contribution in [2.24, 2.45) is 4.99 Å². The van der Waals surface area contributed by atoms with Gasteiger partial charge in [-0.2, -0.15) is 13.2 Å². The summed E-state index contributed by atoms with van der Waals surface area (Å²) >= 11 is 1.01. The quantitative estimate of drug-likeness (QED) is 0.301. The topological polar surface area (TPSA) is 71.4 Å². The Morgan fingerprint density at radius 1 is 1.27 bits per heavy atom. The summed E-state index contributed by atoms with van der Waals surface area (Å²) < 4.78 is 43.6. The van der Waals surface area contributed by atoms with Crippen molar-refractivity contribution in [2.75, 3.05) is 13.6 Å². The summed E-state index contributed by atoms with van der Waals surface area (Å²) in [7, 11) is 1.64. The molecular formula is C19H25F3IN5OS. The highest BCUT2D eigenvalue weighted by atomic mass is 127. The molecule has 1 saturated carbocycles. The molecule has 0 unspecified atom stereocenters. The molecule has 2 N–H and O–H groups in total. The van der Waals surface area contributed by atoms with Crippen LogP contribution >= 0.6 is 35.3 Å². The van der Waals surface area contributed by atoms with Gasteiger partial charge in [-0.3, -0.25) is 4.99 Å². The number of hydrogen-bond acceptors (Lipinski definition) is 5. The average Bonchev–Trinajstić information content (AvgIpc) is 3.37. The van der Waals surface area contributed by atoms with Gasteiger partial charge in [0.2, 0.25) is 5.88 Å². The zero-order valence-electron chi connectivity index (χ0n) is 16.5. The largest absolute Gasteiger partial charge is 0.474 e. The monoisotopic (exact) mass is 555 g/mol. The number of pyridine rings is 1. The van der Waals surface area contributed by atoms with Gasteiger partial charge >= 0.3 is 6.18 Å². The van der Waals surface area contributed by atoms with Gasteiger partial charge in [-0.05, 0) is 31.2 Å². The maximum Gasteiger partial charge on any atom is 0.434 e. The molecule has 2 heterocycles. The molecule has 0 amide bonds. The van der Waals surface area contributed by atoms with Gasteiger partial charge in [0.05, 0.1) is 5.01 Å². The zero-order chi connectivity index (χ0) is 20.7. The number of nitrogens with one attached hydrogen (secondary N) is 2. The molecule has 0 atom stereocenters. The fraction of sp³-hybridized carbons (Fsp3) is 0.526. The minimum atomic E-state index is -4.40.